The van der Waals surface area contributed by atoms with Crippen LogP contribution in [0.3, 0.4) is 0 Å². The van der Waals surface area contributed by atoms with Gasteiger partial charge in [-0.1, -0.05) is 66.8 Å². The highest BCUT2D eigenvalue weighted by atomic mass is 31.1. The molecule has 1 fully saturated rings. The molecule has 0 aromatic rings. The summed E-state index contributed by atoms with van der Waals surface area (Å²) in [6.07, 6.45) is 10.9. The van der Waals surface area contributed by atoms with E-state index in [-0.39, 0.29) is 7.92 Å². The lowest BCUT2D eigenvalue weighted by Crippen LogP contribution is -2.26. The van der Waals surface area contributed by atoms with Crippen LogP contribution in [0.1, 0.15) is 41.0 Å². The van der Waals surface area contributed by atoms with Crippen molar-refractivity contribution in [1.82, 2.24) is 0 Å². The lowest BCUT2D eigenvalue weighted by Gasteiger charge is -2.38. The maximum atomic E-state index is 2.50. The second-order valence-corrected chi connectivity index (χ2v) is 9.91. The molecule has 0 radical (unpaired) electrons. The predicted molar refractivity (Wildman–Crippen MR) is 80.0 cm³/mol. The van der Waals surface area contributed by atoms with Gasteiger partial charge in [0.2, 0.25) is 0 Å². The van der Waals surface area contributed by atoms with Crippen molar-refractivity contribution in [2.75, 3.05) is 0 Å². The smallest absolute Gasteiger partial charge is 0.00967 e. The third-order valence-electron chi connectivity index (χ3n) is 4.46. The molecule has 4 atom stereocenters. The van der Waals surface area contributed by atoms with Crippen molar-refractivity contribution in [3.05, 3.63) is 24.3 Å². The van der Waals surface area contributed by atoms with Crippen LogP contribution < -0.4 is 0 Å². The standard InChI is InChI=1S/C16H27P/c1-11(2)17(12(3)4)16-13(5)10-14-8-6-7-9-15(14)16/h6-9,11-16H,10H2,1-5H3. The second-order valence-electron chi connectivity index (χ2n) is 6.35. The van der Waals surface area contributed by atoms with Gasteiger partial charge >= 0.3 is 0 Å². The van der Waals surface area contributed by atoms with Crippen LogP contribution in [0, 0.1) is 17.8 Å². The summed E-state index contributed by atoms with van der Waals surface area (Å²) in [7, 11) is 0.152. The maximum Gasteiger partial charge on any atom is -0.00967 e. The SMILES string of the molecule is CC1CC2C=CC=CC2C1P(C(C)C)C(C)C. The van der Waals surface area contributed by atoms with Crippen molar-refractivity contribution in [1.29, 1.82) is 0 Å². The maximum absolute atomic E-state index is 2.50. The van der Waals surface area contributed by atoms with Gasteiger partial charge in [0.15, 0.2) is 0 Å². The summed E-state index contributed by atoms with van der Waals surface area (Å²) in [5.41, 5.74) is 2.70. The summed E-state index contributed by atoms with van der Waals surface area (Å²) in [5, 5.41) is 0. The number of rotatable bonds is 3. The zero-order valence-electron chi connectivity index (χ0n) is 11.9. The molecule has 1 heteroatoms. The average Bonchev–Trinajstić information content (AvgIpc) is 2.55. The van der Waals surface area contributed by atoms with Crippen molar-refractivity contribution in [2.45, 2.75) is 58.0 Å². The summed E-state index contributed by atoms with van der Waals surface area (Å²) in [6.45, 7) is 12.2. The van der Waals surface area contributed by atoms with E-state index in [1.165, 1.54) is 6.42 Å². The zero-order valence-corrected chi connectivity index (χ0v) is 12.8. The third kappa shape index (κ3) is 2.53. The van der Waals surface area contributed by atoms with Crippen LogP contribution in [-0.2, 0) is 0 Å². The molecule has 2 aliphatic carbocycles. The van der Waals surface area contributed by atoms with E-state index in [0.29, 0.717) is 0 Å². The molecule has 0 N–H and O–H groups in total. The van der Waals surface area contributed by atoms with Gasteiger partial charge in [0, 0.05) is 0 Å². The van der Waals surface area contributed by atoms with Crippen molar-refractivity contribution in [3.8, 4) is 0 Å². The van der Waals surface area contributed by atoms with Gasteiger partial charge in [-0.3, -0.25) is 0 Å². The van der Waals surface area contributed by atoms with Gasteiger partial charge in [-0.25, -0.2) is 0 Å². The minimum atomic E-state index is 0.152. The van der Waals surface area contributed by atoms with Crippen molar-refractivity contribution >= 4 is 7.92 Å². The van der Waals surface area contributed by atoms with Crippen LogP contribution in [0.15, 0.2) is 24.3 Å². The number of allylic oxidation sites excluding steroid dienone is 4. The number of hydrogen-bond donors (Lipinski definition) is 0. The monoisotopic (exact) mass is 250 g/mol. The Morgan fingerprint density at radius 2 is 1.59 bits per heavy atom. The van der Waals surface area contributed by atoms with E-state index in [0.717, 1.165) is 34.7 Å². The molecule has 17 heavy (non-hydrogen) atoms. The van der Waals surface area contributed by atoms with E-state index < -0.39 is 0 Å². The third-order valence-corrected chi connectivity index (χ3v) is 8.38. The minimum Gasteiger partial charge on any atom is -0.0974 e. The van der Waals surface area contributed by atoms with E-state index >= 15 is 0 Å². The Bertz CT molecular complexity index is 305. The fraction of sp³-hybridized carbons (Fsp3) is 0.750. The first-order valence-electron chi connectivity index (χ1n) is 7.14. The van der Waals surface area contributed by atoms with E-state index in [1.54, 1.807) is 0 Å². The summed E-state index contributed by atoms with van der Waals surface area (Å²) in [6, 6.07) is 0. The average molecular weight is 250 g/mol. The molecular formula is C16H27P. The van der Waals surface area contributed by atoms with Crippen LogP contribution in [-0.4, -0.2) is 17.0 Å². The van der Waals surface area contributed by atoms with Crippen molar-refractivity contribution < 1.29 is 0 Å². The Kier molecular flexibility index (Phi) is 4.14. The lowest BCUT2D eigenvalue weighted by molar-refractivity contribution is 0.553. The first kappa shape index (κ1) is 13.3. The lowest BCUT2D eigenvalue weighted by atomic mass is 9.92. The Hall–Kier alpha value is -0.0900. The van der Waals surface area contributed by atoms with E-state index in [4.69, 9.17) is 0 Å². The molecular weight excluding hydrogens is 223 g/mol. The van der Waals surface area contributed by atoms with Crippen molar-refractivity contribution in [3.63, 3.8) is 0 Å². The van der Waals surface area contributed by atoms with Gasteiger partial charge in [0.1, 0.15) is 0 Å². The predicted octanol–water partition coefficient (Wildman–Crippen LogP) is 5.05. The quantitative estimate of drug-likeness (QED) is 0.615. The topological polar surface area (TPSA) is 0 Å². The highest BCUT2D eigenvalue weighted by molar-refractivity contribution is 7.59. The molecule has 0 amide bonds. The molecule has 96 valence electrons. The molecule has 0 nitrogen and oxygen atoms in total. The van der Waals surface area contributed by atoms with Gasteiger partial charge in [-0.2, -0.15) is 0 Å². The first-order valence-corrected chi connectivity index (χ1v) is 8.69. The number of fused-ring (bicyclic) bond motifs is 1. The van der Waals surface area contributed by atoms with Gasteiger partial charge < -0.3 is 0 Å². The highest BCUT2D eigenvalue weighted by Gasteiger charge is 2.44. The van der Waals surface area contributed by atoms with E-state index in [1.807, 2.05) is 0 Å². The number of hydrogen-bond acceptors (Lipinski definition) is 0. The molecule has 0 aromatic heterocycles. The molecule has 1 saturated carbocycles. The molecule has 2 aliphatic rings. The van der Waals surface area contributed by atoms with Crippen LogP contribution in [0.4, 0.5) is 0 Å². The van der Waals surface area contributed by atoms with Gasteiger partial charge in [-0.15, -0.1) is 0 Å². The Balaban J connectivity index is 2.24. The Morgan fingerprint density at radius 3 is 2.18 bits per heavy atom. The summed E-state index contributed by atoms with van der Waals surface area (Å²) < 4.78 is 0. The van der Waals surface area contributed by atoms with Crippen LogP contribution in [0.25, 0.3) is 0 Å². The van der Waals surface area contributed by atoms with Gasteiger partial charge in [0.05, 0.1) is 0 Å². The van der Waals surface area contributed by atoms with Gasteiger partial charge in [-0.05, 0) is 41.2 Å². The van der Waals surface area contributed by atoms with Crippen LogP contribution in [0.5, 0.6) is 0 Å². The fourth-order valence-electron chi connectivity index (χ4n) is 4.00. The van der Waals surface area contributed by atoms with E-state index in [2.05, 4.69) is 58.9 Å². The van der Waals surface area contributed by atoms with Gasteiger partial charge in [0.25, 0.3) is 0 Å². The first-order chi connectivity index (χ1) is 8.02. The minimum absolute atomic E-state index is 0.152. The molecule has 4 unspecified atom stereocenters. The molecule has 0 saturated heterocycles. The highest BCUT2D eigenvalue weighted by Crippen LogP contribution is 2.61. The molecule has 0 aliphatic heterocycles. The largest absolute Gasteiger partial charge is 0.0974 e. The van der Waals surface area contributed by atoms with Crippen molar-refractivity contribution in [2.24, 2.45) is 17.8 Å². The summed E-state index contributed by atoms with van der Waals surface area (Å²) in [5.74, 6) is 2.58. The summed E-state index contributed by atoms with van der Waals surface area (Å²) in [4.78, 5) is 0. The van der Waals surface area contributed by atoms with Crippen LogP contribution in [0.2, 0.25) is 0 Å². The molecule has 0 bridgehead atoms. The molecule has 2 rings (SSSR count). The molecule has 0 heterocycles. The molecule has 0 spiro atoms. The second kappa shape index (κ2) is 5.27. The van der Waals surface area contributed by atoms with Crippen LogP contribution >= 0.6 is 7.92 Å². The zero-order chi connectivity index (χ0) is 12.6. The Labute approximate surface area is 108 Å². The normalized spacial score (nSPS) is 36.2. The van der Waals surface area contributed by atoms with E-state index in [9.17, 15) is 0 Å². The Morgan fingerprint density at radius 1 is 1.00 bits per heavy atom. The summed E-state index contributed by atoms with van der Waals surface area (Å²) >= 11 is 0. The fourth-order valence-corrected chi connectivity index (χ4v) is 8.00. The molecule has 0 aromatic carbocycles.